The number of hydrogen-bond donors (Lipinski definition) is 1. The summed E-state index contributed by atoms with van der Waals surface area (Å²) in [5, 5.41) is 3.52. The molecule has 4 bridgehead atoms. The summed E-state index contributed by atoms with van der Waals surface area (Å²) in [6.45, 7) is 2.58. The minimum Gasteiger partial charge on any atom is -0.317 e. The molecule has 5 fully saturated rings. The molecule has 0 radical (unpaired) electrons. The SMILES string of the molecule is C1CC(CC23CC4CC(CC(C4)C2)C3)CCN1. The highest BCUT2D eigenvalue weighted by atomic mass is 14.9. The van der Waals surface area contributed by atoms with E-state index in [1.807, 2.05) is 0 Å². The average molecular weight is 233 g/mol. The van der Waals surface area contributed by atoms with Crippen LogP contribution in [0.25, 0.3) is 0 Å². The normalized spacial score (nSPS) is 49.8. The lowest BCUT2D eigenvalue weighted by atomic mass is 9.48. The molecular formula is C16H27N. The van der Waals surface area contributed by atoms with Crippen molar-refractivity contribution in [3.63, 3.8) is 0 Å². The van der Waals surface area contributed by atoms with E-state index in [1.165, 1.54) is 25.9 Å². The largest absolute Gasteiger partial charge is 0.317 e. The second-order valence-electron chi connectivity index (χ2n) is 7.82. The molecule has 1 nitrogen and oxygen atoms in total. The minimum absolute atomic E-state index is 0.830. The van der Waals surface area contributed by atoms with Crippen molar-refractivity contribution in [2.75, 3.05) is 13.1 Å². The Hall–Kier alpha value is -0.0400. The Balaban J connectivity index is 1.48. The van der Waals surface area contributed by atoms with E-state index in [9.17, 15) is 0 Å². The molecular weight excluding hydrogens is 206 g/mol. The van der Waals surface area contributed by atoms with Gasteiger partial charge < -0.3 is 5.32 Å². The molecule has 0 aromatic carbocycles. The maximum atomic E-state index is 3.52. The van der Waals surface area contributed by atoms with Crippen molar-refractivity contribution in [2.24, 2.45) is 29.1 Å². The first-order valence-corrected chi connectivity index (χ1v) is 8.02. The number of hydrogen-bond acceptors (Lipinski definition) is 1. The predicted molar refractivity (Wildman–Crippen MR) is 70.8 cm³/mol. The molecule has 4 aliphatic carbocycles. The lowest BCUT2D eigenvalue weighted by Crippen LogP contribution is -2.47. The van der Waals surface area contributed by atoms with E-state index in [0.29, 0.717) is 0 Å². The molecule has 1 heterocycles. The first-order chi connectivity index (χ1) is 8.31. The van der Waals surface area contributed by atoms with Crippen molar-refractivity contribution in [1.82, 2.24) is 5.32 Å². The minimum atomic E-state index is 0.830. The van der Waals surface area contributed by atoms with Crippen LogP contribution in [0.4, 0.5) is 0 Å². The second-order valence-corrected chi connectivity index (χ2v) is 7.82. The van der Waals surface area contributed by atoms with Crippen LogP contribution in [0.3, 0.4) is 0 Å². The Bertz CT molecular complexity index is 255. The molecule has 1 saturated heterocycles. The van der Waals surface area contributed by atoms with Gasteiger partial charge in [-0.05, 0) is 100.0 Å². The van der Waals surface area contributed by atoms with Gasteiger partial charge in [0.2, 0.25) is 0 Å². The molecule has 96 valence electrons. The topological polar surface area (TPSA) is 12.0 Å². The summed E-state index contributed by atoms with van der Waals surface area (Å²) < 4.78 is 0. The highest BCUT2D eigenvalue weighted by Crippen LogP contribution is 2.62. The van der Waals surface area contributed by atoms with Gasteiger partial charge in [0.1, 0.15) is 0 Å². The number of rotatable bonds is 2. The Morgan fingerprint density at radius 1 is 0.824 bits per heavy atom. The predicted octanol–water partition coefficient (Wildman–Crippen LogP) is 3.59. The van der Waals surface area contributed by atoms with E-state index < -0.39 is 0 Å². The molecule has 5 rings (SSSR count). The van der Waals surface area contributed by atoms with E-state index in [-0.39, 0.29) is 0 Å². The lowest BCUT2D eigenvalue weighted by Gasteiger charge is -2.58. The smallest absolute Gasteiger partial charge is 0.00463 e. The van der Waals surface area contributed by atoms with Crippen molar-refractivity contribution in [2.45, 2.75) is 57.8 Å². The maximum absolute atomic E-state index is 3.52. The van der Waals surface area contributed by atoms with Crippen LogP contribution in [0, 0.1) is 29.1 Å². The van der Waals surface area contributed by atoms with Gasteiger partial charge in [-0.15, -0.1) is 0 Å². The Morgan fingerprint density at radius 3 is 1.88 bits per heavy atom. The fourth-order valence-corrected chi connectivity index (χ4v) is 6.24. The third-order valence-electron chi connectivity index (χ3n) is 6.35. The average Bonchev–Trinajstić information content (AvgIpc) is 2.27. The summed E-state index contributed by atoms with van der Waals surface area (Å²) in [6.07, 6.45) is 14.2. The highest BCUT2D eigenvalue weighted by Gasteiger charge is 2.51. The van der Waals surface area contributed by atoms with Gasteiger partial charge in [-0.3, -0.25) is 0 Å². The van der Waals surface area contributed by atoms with Crippen LogP contribution in [0.15, 0.2) is 0 Å². The van der Waals surface area contributed by atoms with Gasteiger partial charge in [-0.2, -0.15) is 0 Å². The summed E-state index contributed by atoms with van der Waals surface area (Å²) in [4.78, 5) is 0. The van der Waals surface area contributed by atoms with Gasteiger partial charge in [0.05, 0.1) is 0 Å². The van der Waals surface area contributed by atoms with Crippen LogP contribution in [-0.2, 0) is 0 Å². The molecule has 0 aromatic rings. The number of nitrogens with one attached hydrogen (secondary N) is 1. The Labute approximate surface area is 106 Å². The van der Waals surface area contributed by atoms with Crippen LogP contribution in [-0.4, -0.2) is 13.1 Å². The first-order valence-electron chi connectivity index (χ1n) is 8.02. The monoisotopic (exact) mass is 233 g/mol. The van der Waals surface area contributed by atoms with Crippen LogP contribution in [0.1, 0.15) is 57.8 Å². The molecule has 17 heavy (non-hydrogen) atoms. The Kier molecular flexibility index (Phi) is 2.54. The van der Waals surface area contributed by atoms with E-state index >= 15 is 0 Å². The van der Waals surface area contributed by atoms with Gasteiger partial charge in [-0.1, -0.05) is 0 Å². The standard InChI is InChI=1S/C16H27N/c1-3-17-4-2-12(1)8-16-9-13-5-14(10-16)7-15(6-13)11-16/h12-15,17H,1-11H2. The van der Waals surface area contributed by atoms with Gasteiger partial charge in [0.25, 0.3) is 0 Å². The molecule has 5 aliphatic rings. The van der Waals surface area contributed by atoms with E-state index in [1.54, 1.807) is 44.9 Å². The third kappa shape index (κ3) is 1.95. The summed E-state index contributed by atoms with van der Waals surface area (Å²) in [7, 11) is 0. The van der Waals surface area contributed by atoms with Crippen molar-refractivity contribution in [3.8, 4) is 0 Å². The maximum Gasteiger partial charge on any atom is -0.00463 e. The van der Waals surface area contributed by atoms with E-state index in [0.717, 1.165) is 29.1 Å². The fraction of sp³-hybridized carbons (Fsp3) is 1.00. The molecule has 0 unspecified atom stereocenters. The summed E-state index contributed by atoms with van der Waals surface area (Å²) in [5.41, 5.74) is 0.830. The molecule has 0 atom stereocenters. The van der Waals surface area contributed by atoms with Crippen molar-refractivity contribution in [1.29, 1.82) is 0 Å². The zero-order chi connectivity index (χ0) is 11.3. The van der Waals surface area contributed by atoms with Gasteiger partial charge in [-0.25, -0.2) is 0 Å². The summed E-state index contributed by atoms with van der Waals surface area (Å²) >= 11 is 0. The van der Waals surface area contributed by atoms with Crippen LogP contribution in [0.2, 0.25) is 0 Å². The fourth-order valence-electron chi connectivity index (χ4n) is 6.24. The van der Waals surface area contributed by atoms with Gasteiger partial charge >= 0.3 is 0 Å². The van der Waals surface area contributed by atoms with Crippen LogP contribution >= 0.6 is 0 Å². The summed E-state index contributed by atoms with van der Waals surface area (Å²) in [6, 6.07) is 0. The van der Waals surface area contributed by atoms with Gasteiger partial charge in [0.15, 0.2) is 0 Å². The molecule has 0 spiro atoms. The molecule has 1 N–H and O–H groups in total. The highest BCUT2D eigenvalue weighted by molar-refractivity contribution is 5.02. The molecule has 1 heteroatoms. The van der Waals surface area contributed by atoms with Gasteiger partial charge in [0, 0.05) is 0 Å². The van der Waals surface area contributed by atoms with Crippen molar-refractivity contribution in [3.05, 3.63) is 0 Å². The molecule has 4 saturated carbocycles. The Morgan fingerprint density at radius 2 is 1.35 bits per heavy atom. The quantitative estimate of drug-likeness (QED) is 0.768. The molecule has 1 aliphatic heterocycles. The second kappa shape index (κ2) is 3.98. The van der Waals surface area contributed by atoms with E-state index in [4.69, 9.17) is 0 Å². The summed E-state index contributed by atoms with van der Waals surface area (Å²) in [5.74, 6) is 4.49. The third-order valence-corrected chi connectivity index (χ3v) is 6.35. The molecule has 0 amide bonds. The zero-order valence-electron chi connectivity index (χ0n) is 11.1. The first kappa shape index (κ1) is 10.8. The zero-order valence-corrected chi connectivity index (χ0v) is 11.1. The van der Waals surface area contributed by atoms with Crippen LogP contribution < -0.4 is 5.32 Å². The van der Waals surface area contributed by atoms with Crippen LogP contribution in [0.5, 0.6) is 0 Å². The van der Waals surface area contributed by atoms with Crippen molar-refractivity contribution >= 4 is 0 Å². The molecule has 0 aromatic heterocycles. The number of piperidine rings is 1. The lowest BCUT2D eigenvalue weighted by molar-refractivity contribution is -0.0670. The van der Waals surface area contributed by atoms with E-state index in [2.05, 4.69) is 5.32 Å². The van der Waals surface area contributed by atoms with Crippen molar-refractivity contribution < 1.29 is 0 Å².